The monoisotopic (exact) mass is 282 g/mol. The van der Waals surface area contributed by atoms with E-state index in [9.17, 15) is 9.59 Å². The van der Waals surface area contributed by atoms with E-state index in [2.05, 4.69) is 15.2 Å². The molecule has 0 radical (unpaired) electrons. The van der Waals surface area contributed by atoms with Crippen molar-refractivity contribution in [1.29, 1.82) is 0 Å². The molecule has 2 heterocycles. The largest absolute Gasteiger partial charge is 0.481 e. The van der Waals surface area contributed by atoms with Gasteiger partial charge < -0.3 is 14.7 Å². The lowest BCUT2D eigenvalue weighted by molar-refractivity contribution is -0.142. The summed E-state index contributed by atoms with van der Waals surface area (Å²) in [5.41, 5.74) is 0. The maximum atomic E-state index is 12.4. The first-order valence-electron chi connectivity index (χ1n) is 6.61. The number of rotatable bonds is 5. The first kappa shape index (κ1) is 14.4. The third-order valence-electron chi connectivity index (χ3n) is 3.43. The van der Waals surface area contributed by atoms with Crippen LogP contribution in [0, 0.1) is 5.92 Å². The molecule has 0 aliphatic carbocycles. The summed E-state index contributed by atoms with van der Waals surface area (Å²) >= 11 is 0. The molecule has 2 rings (SSSR count). The number of ether oxygens (including phenoxy) is 1. The van der Waals surface area contributed by atoms with Gasteiger partial charge in [0.25, 0.3) is 5.91 Å². The second-order valence-corrected chi connectivity index (χ2v) is 4.60. The van der Waals surface area contributed by atoms with E-state index in [1.165, 1.54) is 4.90 Å². The number of nitrogens with one attached hydrogen (secondary N) is 1. The number of aromatic amines is 1. The van der Waals surface area contributed by atoms with Gasteiger partial charge in [0, 0.05) is 13.0 Å². The van der Waals surface area contributed by atoms with E-state index in [1.807, 2.05) is 6.92 Å². The van der Waals surface area contributed by atoms with Gasteiger partial charge in [0.2, 0.25) is 5.82 Å². The number of carbonyl (C=O) groups is 2. The Bertz CT molecular complexity index is 501. The van der Waals surface area contributed by atoms with Gasteiger partial charge in [-0.15, -0.1) is 5.10 Å². The molecule has 1 aliphatic rings. The van der Waals surface area contributed by atoms with E-state index in [1.54, 1.807) is 6.92 Å². The number of carboxylic acid groups (broad SMARTS) is 1. The van der Waals surface area contributed by atoms with Crippen molar-refractivity contribution in [3.63, 3.8) is 0 Å². The van der Waals surface area contributed by atoms with Crippen molar-refractivity contribution in [3.05, 3.63) is 11.6 Å². The fraction of sp³-hybridized carbons (Fsp3) is 0.667. The van der Waals surface area contributed by atoms with Crippen molar-refractivity contribution < 1.29 is 19.4 Å². The summed E-state index contributed by atoms with van der Waals surface area (Å²) in [6, 6.07) is -0.478. The van der Waals surface area contributed by atoms with Crippen LogP contribution < -0.4 is 0 Å². The lowest BCUT2D eigenvalue weighted by Gasteiger charge is -2.28. The highest BCUT2D eigenvalue weighted by molar-refractivity contribution is 5.91. The minimum atomic E-state index is -0.956. The van der Waals surface area contributed by atoms with Crippen LogP contribution in [0.15, 0.2) is 0 Å². The first-order valence-corrected chi connectivity index (χ1v) is 6.61. The number of carbonyl (C=O) groups excluding carboxylic acids is 1. The minimum absolute atomic E-state index is 0.0692. The SMILES string of the molecule is CCc1nc(C(=O)N(CC)C2COCC2C(=O)O)n[nH]1. The molecule has 0 saturated carbocycles. The Hall–Kier alpha value is -1.96. The highest BCUT2D eigenvalue weighted by atomic mass is 16.5. The zero-order valence-electron chi connectivity index (χ0n) is 11.5. The smallest absolute Gasteiger partial charge is 0.311 e. The molecule has 2 atom stereocenters. The Morgan fingerprint density at radius 1 is 1.45 bits per heavy atom. The number of amides is 1. The highest BCUT2D eigenvalue weighted by Gasteiger charge is 2.40. The van der Waals surface area contributed by atoms with Crippen LogP contribution in [0.25, 0.3) is 0 Å². The molecule has 0 bridgehead atoms. The first-order chi connectivity index (χ1) is 9.58. The molecule has 1 saturated heterocycles. The van der Waals surface area contributed by atoms with Crippen LogP contribution >= 0.6 is 0 Å². The minimum Gasteiger partial charge on any atom is -0.481 e. The Kier molecular flexibility index (Phi) is 4.33. The molecule has 1 aromatic heterocycles. The third kappa shape index (κ3) is 2.64. The van der Waals surface area contributed by atoms with Crippen LogP contribution in [0.5, 0.6) is 0 Å². The maximum absolute atomic E-state index is 12.4. The van der Waals surface area contributed by atoms with Crippen molar-refractivity contribution in [2.45, 2.75) is 26.3 Å². The van der Waals surface area contributed by atoms with Crippen LogP contribution in [-0.2, 0) is 16.0 Å². The van der Waals surface area contributed by atoms with Gasteiger partial charge in [-0.2, -0.15) is 0 Å². The van der Waals surface area contributed by atoms with E-state index in [-0.39, 0.29) is 24.9 Å². The van der Waals surface area contributed by atoms with Gasteiger partial charge in [-0.3, -0.25) is 14.7 Å². The van der Waals surface area contributed by atoms with Gasteiger partial charge in [0.15, 0.2) is 0 Å². The molecule has 1 aromatic rings. The number of H-pyrrole nitrogens is 1. The van der Waals surface area contributed by atoms with Gasteiger partial charge >= 0.3 is 5.97 Å². The van der Waals surface area contributed by atoms with Crippen molar-refractivity contribution in [1.82, 2.24) is 20.1 Å². The molecule has 1 aliphatic heterocycles. The van der Waals surface area contributed by atoms with E-state index >= 15 is 0 Å². The summed E-state index contributed by atoms with van der Waals surface area (Å²) in [5.74, 6) is -1.33. The average molecular weight is 282 g/mol. The predicted molar refractivity (Wildman–Crippen MR) is 68.2 cm³/mol. The molecule has 1 fully saturated rings. The molecule has 8 heteroatoms. The normalized spacial score (nSPS) is 21.9. The van der Waals surface area contributed by atoms with Gasteiger partial charge in [-0.05, 0) is 6.92 Å². The number of hydrogen-bond donors (Lipinski definition) is 2. The third-order valence-corrected chi connectivity index (χ3v) is 3.43. The van der Waals surface area contributed by atoms with E-state index < -0.39 is 17.9 Å². The summed E-state index contributed by atoms with van der Waals surface area (Å²) in [6.07, 6.45) is 0.649. The van der Waals surface area contributed by atoms with Gasteiger partial charge in [-0.25, -0.2) is 4.98 Å². The fourth-order valence-corrected chi connectivity index (χ4v) is 2.29. The zero-order chi connectivity index (χ0) is 14.7. The Labute approximate surface area is 116 Å². The lowest BCUT2D eigenvalue weighted by atomic mass is 10.0. The van der Waals surface area contributed by atoms with Crippen molar-refractivity contribution >= 4 is 11.9 Å². The Balaban J connectivity index is 2.18. The molecule has 0 spiro atoms. The van der Waals surface area contributed by atoms with Gasteiger partial charge in [0.05, 0.1) is 19.3 Å². The summed E-state index contributed by atoms with van der Waals surface area (Å²) < 4.78 is 5.20. The molecule has 8 nitrogen and oxygen atoms in total. The van der Waals surface area contributed by atoms with Gasteiger partial charge in [-0.1, -0.05) is 6.92 Å². The highest BCUT2D eigenvalue weighted by Crippen LogP contribution is 2.21. The summed E-state index contributed by atoms with van der Waals surface area (Å²) in [4.78, 5) is 29.1. The Morgan fingerprint density at radius 3 is 2.75 bits per heavy atom. The average Bonchev–Trinajstić information content (AvgIpc) is 3.08. The quantitative estimate of drug-likeness (QED) is 0.782. The molecule has 2 N–H and O–H groups in total. The van der Waals surface area contributed by atoms with Crippen LogP contribution in [0.3, 0.4) is 0 Å². The number of nitrogens with zero attached hydrogens (tertiary/aromatic N) is 3. The summed E-state index contributed by atoms with van der Waals surface area (Å²) in [5, 5.41) is 15.7. The summed E-state index contributed by atoms with van der Waals surface area (Å²) in [7, 11) is 0. The van der Waals surface area contributed by atoms with Gasteiger partial charge in [0.1, 0.15) is 11.7 Å². The fourth-order valence-electron chi connectivity index (χ4n) is 2.29. The predicted octanol–water partition coefficient (Wildman–Crippen LogP) is -0.0712. The van der Waals surface area contributed by atoms with Crippen molar-refractivity contribution in [3.8, 4) is 0 Å². The van der Waals surface area contributed by atoms with E-state index in [0.29, 0.717) is 18.8 Å². The molecular formula is C12H18N4O4. The number of likely N-dealkylation sites (N-methyl/N-ethyl adjacent to an activating group) is 1. The molecular weight excluding hydrogens is 264 g/mol. The second kappa shape index (κ2) is 6.00. The second-order valence-electron chi connectivity index (χ2n) is 4.60. The number of aliphatic carboxylic acids is 1. The number of aryl methyl sites for hydroxylation is 1. The molecule has 20 heavy (non-hydrogen) atoms. The van der Waals surface area contributed by atoms with Crippen molar-refractivity contribution in [2.75, 3.05) is 19.8 Å². The van der Waals surface area contributed by atoms with Crippen molar-refractivity contribution in [2.24, 2.45) is 5.92 Å². The lowest BCUT2D eigenvalue weighted by Crippen LogP contribution is -2.46. The number of aromatic nitrogens is 3. The van der Waals surface area contributed by atoms with E-state index in [0.717, 1.165) is 0 Å². The molecule has 0 aromatic carbocycles. The molecule has 1 amide bonds. The Morgan fingerprint density at radius 2 is 2.20 bits per heavy atom. The standard InChI is InChI=1S/C12H18N4O4/c1-3-9-13-10(15-14-9)11(17)16(4-2)8-6-20-5-7(8)12(18)19/h7-8H,3-6H2,1-2H3,(H,18,19)(H,13,14,15). The zero-order valence-corrected chi connectivity index (χ0v) is 11.5. The van der Waals surface area contributed by atoms with Crippen LogP contribution in [0.4, 0.5) is 0 Å². The summed E-state index contributed by atoms with van der Waals surface area (Å²) in [6.45, 7) is 4.42. The van der Waals surface area contributed by atoms with Crippen LogP contribution in [0.1, 0.15) is 30.3 Å². The topological polar surface area (TPSA) is 108 Å². The van der Waals surface area contributed by atoms with E-state index in [4.69, 9.17) is 9.84 Å². The molecule has 2 unspecified atom stereocenters. The number of hydrogen-bond acceptors (Lipinski definition) is 5. The maximum Gasteiger partial charge on any atom is 0.311 e. The van der Waals surface area contributed by atoms with Crippen LogP contribution in [0.2, 0.25) is 0 Å². The van der Waals surface area contributed by atoms with Crippen LogP contribution in [-0.4, -0.2) is 62.9 Å². The number of carboxylic acids is 1. The molecule has 110 valence electrons.